The van der Waals surface area contributed by atoms with Gasteiger partial charge in [-0.1, -0.05) is 30.3 Å². The lowest BCUT2D eigenvalue weighted by atomic mass is 10.1. The minimum Gasteiger partial charge on any atom is -0.480 e. The highest BCUT2D eigenvalue weighted by Gasteiger charge is 2.63. The molecule has 140 valence electrons. The van der Waals surface area contributed by atoms with Gasteiger partial charge in [0.15, 0.2) is 0 Å². The maximum absolute atomic E-state index is 12.8. The molecule has 1 aromatic carbocycles. The maximum atomic E-state index is 12.8. The Hall–Kier alpha value is -2.01. The van der Waals surface area contributed by atoms with Crippen LogP contribution < -0.4 is 4.72 Å². The fourth-order valence-corrected chi connectivity index (χ4v) is 5.95. The smallest absolute Gasteiger partial charge is 0.325 e. The van der Waals surface area contributed by atoms with Gasteiger partial charge in [-0.15, -0.1) is 11.3 Å². The van der Waals surface area contributed by atoms with Crippen LogP contribution in [-0.4, -0.2) is 34.8 Å². The first-order valence-electron chi connectivity index (χ1n) is 7.94. The summed E-state index contributed by atoms with van der Waals surface area (Å²) in [4.78, 5) is 11.9. The zero-order valence-corrected chi connectivity index (χ0v) is 17.0. The number of nitrogens with zero attached hydrogens (tertiary/aromatic N) is 2. The van der Waals surface area contributed by atoms with Gasteiger partial charge in [0.1, 0.15) is 14.7 Å². The van der Waals surface area contributed by atoms with Crippen molar-refractivity contribution in [3.63, 3.8) is 0 Å². The van der Waals surface area contributed by atoms with E-state index in [0.29, 0.717) is 5.00 Å². The third-order valence-corrected chi connectivity index (χ3v) is 7.96. The summed E-state index contributed by atoms with van der Waals surface area (Å²) < 4.78 is 30.4. The van der Waals surface area contributed by atoms with Crippen molar-refractivity contribution in [2.75, 3.05) is 0 Å². The molecule has 1 aliphatic rings. The number of hydrogen-bond donors (Lipinski definition) is 2. The Morgan fingerprint density at radius 1 is 1.30 bits per heavy atom. The average molecular weight is 468 g/mol. The Morgan fingerprint density at radius 2 is 2.04 bits per heavy atom. The first-order valence-corrected chi connectivity index (χ1v) is 11.0. The maximum Gasteiger partial charge on any atom is 0.325 e. The van der Waals surface area contributed by atoms with Crippen molar-refractivity contribution in [2.24, 2.45) is 0 Å². The number of carbonyl (C=O) groups is 1. The zero-order valence-electron chi connectivity index (χ0n) is 13.7. The topological polar surface area (TPSA) is 101 Å². The van der Waals surface area contributed by atoms with Crippen molar-refractivity contribution in [3.05, 3.63) is 64.9 Å². The Morgan fingerprint density at radius 3 is 2.67 bits per heavy atom. The Kier molecular flexibility index (Phi) is 4.46. The number of aliphatic carboxylic acids is 1. The summed E-state index contributed by atoms with van der Waals surface area (Å²) in [6.07, 6.45) is 3.52. The van der Waals surface area contributed by atoms with Gasteiger partial charge < -0.3 is 5.11 Å². The van der Waals surface area contributed by atoms with Crippen LogP contribution in [0.15, 0.2) is 63.5 Å². The van der Waals surface area contributed by atoms with Gasteiger partial charge in [-0.25, -0.2) is 13.1 Å². The lowest BCUT2D eigenvalue weighted by Gasteiger charge is -2.14. The molecule has 1 aliphatic carbocycles. The van der Waals surface area contributed by atoms with Crippen molar-refractivity contribution in [1.29, 1.82) is 0 Å². The van der Waals surface area contributed by atoms with E-state index < -0.39 is 27.4 Å². The van der Waals surface area contributed by atoms with E-state index in [0.717, 1.165) is 21.4 Å². The number of sulfonamides is 1. The van der Waals surface area contributed by atoms with Crippen LogP contribution in [0.1, 0.15) is 17.9 Å². The summed E-state index contributed by atoms with van der Waals surface area (Å²) in [5.41, 5.74) is -0.713. The van der Waals surface area contributed by atoms with Crippen LogP contribution in [0.4, 0.5) is 0 Å². The monoisotopic (exact) mass is 467 g/mol. The van der Waals surface area contributed by atoms with Crippen molar-refractivity contribution in [1.82, 2.24) is 14.5 Å². The molecule has 0 amide bonds. The van der Waals surface area contributed by atoms with Crippen LogP contribution in [0, 0.1) is 0 Å². The summed E-state index contributed by atoms with van der Waals surface area (Å²) >= 11 is 4.31. The summed E-state index contributed by atoms with van der Waals surface area (Å²) in [6, 6.07) is 12.1. The number of halogens is 1. The molecule has 4 rings (SSSR count). The number of carboxylic acids is 1. The van der Waals surface area contributed by atoms with Crippen LogP contribution in [0.3, 0.4) is 0 Å². The van der Waals surface area contributed by atoms with E-state index in [1.807, 2.05) is 30.3 Å². The van der Waals surface area contributed by atoms with Crippen LogP contribution in [0.2, 0.25) is 0 Å². The molecule has 2 N–H and O–H groups in total. The molecule has 7 nitrogen and oxygen atoms in total. The lowest BCUT2D eigenvalue weighted by molar-refractivity contribution is -0.140. The molecule has 10 heteroatoms. The van der Waals surface area contributed by atoms with Crippen LogP contribution in [0.25, 0.3) is 5.00 Å². The Balaban J connectivity index is 1.61. The number of hydrogen-bond acceptors (Lipinski definition) is 5. The molecule has 2 aromatic heterocycles. The average Bonchev–Trinajstić information content (AvgIpc) is 2.98. The molecule has 1 saturated carbocycles. The highest BCUT2D eigenvalue weighted by Crippen LogP contribution is 2.52. The number of benzene rings is 1. The highest BCUT2D eigenvalue weighted by molar-refractivity contribution is 9.10. The normalized spacial score (nSPS) is 21.9. The van der Waals surface area contributed by atoms with Gasteiger partial charge in [0.25, 0.3) is 10.0 Å². The van der Waals surface area contributed by atoms with E-state index >= 15 is 0 Å². The number of thiophene rings is 1. The predicted molar refractivity (Wildman–Crippen MR) is 104 cm³/mol. The van der Waals surface area contributed by atoms with Gasteiger partial charge in [0.05, 0.1) is 10.7 Å². The third-order valence-electron chi connectivity index (χ3n) is 4.47. The lowest BCUT2D eigenvalue weighted by Crippen LogP contribution is -2.44. The molecule has 0 aliphatic heterocycles. The van der Waals surface area contributed by atoms with Crippen molar-refractivity contribution in [3.8, 4) is 5.00 Å². The number of rotatable bonds is 6. The highest BCUT2D eigenvalue weighted by atomic mass is 79.9. The van der Waals surface area contributed by atoms with Gasteiger partial charge >= 0.3 is 5.97 Å². The molecule has 2 heterocycles. The molecule has 1 fully saturated rings. The molecule has 0 unspecified atom stereocenters. The largest absolute Gasteiger partial charge is 0.480 e. The summed E-state index contributed by atoms with van der Waals surface area (Å²) in [7, 11) is -3.99. The second-order valence-electron chi connectivity index (χ2n) is 6.25. The summed E-state index contributed by atoms with van der Waals surface area (Å²) in [6.45, 7) is 0. The summed E-state index contributed by atoms with van der Waals surface area (Å²) in [5, 5.41) is 14.4. The van der Waals surface area contributed by atoms with E-state index in [2.05, 4.69) is 25.8 Å². The Bertz CT molecular complexity index is 1110. The number of nitrogens with one attached hydrogen (secondary N) is 1. The second kappa shape index (κ2) is 6.55. The minimum absolute atomic E-state index is 0.0449. The third kappa shape index (κ3) is 3.33. The second-order valence-corrected chi connectivity index (χ2v) is 10.1. The Labute approximate surface area is 167 Å². The first-order chi connectivity index (χ1) is 12.8. The molecule has 0 spiro atoms. The fourth-order valence-electron chi connectivity index (χ4n) is 3.03. The quantitative estimate of drug-likeness (QED) is 0.580. The molecular weight excluding hydrogens is 454 g/mol. The van der Waals surface area contributed by atoms with E-state index in [1.54, 1.807) is 23.1 Å². The van der Waals surface area contributed by atoms with Gasteiger partial charge in [-0.3, -0.25) is 4.79 Å². The zero-order chi connectivity index (χ0) is 19.2. The molecular formula is C17H14BrN3O4S2. The fraction of sp³-hybridized carbons (Fsp3) is 0.176. The van der Waals surface area contributed by atoms with E-state index in [-0.39, 0.29) is 10.6 Å². The molecule has 3 aromatic rings. The molecule has 0 bridgehead atoms. The van der Waals surface area contributed by atoms with Crippen LogP contribution in [0.5, 0.6) is 0 Å². The molecule has 27 heavy (non-hydrogen) atoms. The van der Waals surface area contributed by atoms with E-state index in [4.69, 9.17) is 0 Å². The molecule has 0 radical (unpaired) electrons. The number of aromatic nitrogens is 2. The van der Waals surface area contributed by atoms with Gasteiger partial charge in [-0.2, -0.15) is 9.82 Å². The van der Waals surface area contributed by atoms with Crippen molar-refractivity contribution in [2.45, 2.75) is 22.1 Å². The molecule has 2 atom stereocenters. The molecule has 0 saturated heterocycles. The van der Waals surface area contributed by atoms with Crippen molar-refractivity contribution < 1.29 is 18.3 Å². The van der Waals surface area contributed by atoms with Gasteiger partial charge in [-0.05, 0) is 40.0 Å². The van der Waals surface area contributed by atoms with Gasteiger partial charge in [0.2, 0.25) is 0 Å². The number of carboxylic acid groups (broad SMARTS) is 1. The van der Waals surface area contributed by atoms with Crippen LogP contribution in [-0.2, 0) is 14.8 Å². The standard InChI is InChI=1S/C17H14BrN3O4S2/c18-12-9-19-21(10-12)14-6-7-15(26-14)27(24,25)20-17(16(22)23)8-13(17)11-4-2-1-3-5-11/h1-7,9-10,13,20H,8H2,(H,22,23)/t13-,17+/m1/s1. The predicted octanol–water partition coefficient (Wildman–Crippen LogP) is 2.99. The minimum atomic E-state index is -3.99. The van der Waals surface area contributed by atoms with Gasteiger partial charge in [0, 0.05) is 12.1 Å². The van der Waals surface area contributed by atoms with Crippen molar-refractivity contribution >= 4 is 43.3 Å². The summed E-state index contributed by atoms with van der Waals surface area (Å²) in [5.74, 6) is -1.57. The first kappa shape index (κ1) is 18.4. The van der Waals surface area contributed by atoms with E-state index in [1.165, 1.54) is 6.07 Å². The SMILES string of the molecule is O=C(O)[C@]1(NS(=O)(=O)c2ccc(-n3cc(Br)cn3)s2)C[C@@H]1c1ccccc1. The van der Waals surface area contributed by atoms with E-state index in [9.17, 15) is 18.3 Å². The van der Waals surface area contributed by atoms with Crippen LogP contribution >= 0.6 is 27.3 Å².